The molecule has 176 valence electrons. The predicted octanol–water partition coefficient (Wildman–Crippen LogP) is 2.36. The van der Waals surface area contributed by atoms with E-state index in [1.54, 1.807) is 0 Å². The number of Topliss-reactive ketones (excluding diaryl/α,β-unsaturated/α-hetero) is 1. The molecule has 33 heavy (non-hydrogen) atoms. The molecule has 0 unspecified atom stereocenters. The monoisotopic (exact) mass is 463 g/mol. The van der Waals surface area contributed by atoms with E-state index < -0.39 is 23.8 Å². The number of H-pyrrole nitrogens is 1. The summed E-state index contributed by atoms with van der Waals surface area (Å²) in [4.78, 5) is 40.9. The van der Waals surface area contributed by atoms with E-state index in [0.717, 1.165) is 0 Å². The number of aromatic nitrogens is 2. The van der Waals surface area contributed by atoms with Gasteiger partial charge in [0.15, 0.2) is 17.3 Å². The van der Waals surface area contributed by atoms with Crippen molar-refractivity contribution in [2.45, 2.75) is 38.3 Å². The van der Waals surface area contributed by atoms with Gasteiger partial charge in [0, 0.05) is 30.7 Å². The van der Waals surface area contributed by atoms with Crippen molar-refractivity contribution in [1.29, 1.82) is 0 Å². The SMILES string of the molecule is COCCn1c2c(c(=O)[nH]c1=O)[C@@H](c1ccc(OC(F)F)c(OC)c1)C1=C(CCCC1=O)N2. The number of ketones is 1. The van der Waals surface area contributed by atoms with E-state index in [4.69, 9.17) is 9.47 Å². The number of allylic oxidation sites excluding steroid dienone is 2. The van der Waals surface area contributed by atoms with E-state index >= 15 is 0 Å². The largest absolute Gasteiger partial charge is 0.493 e. The number of aromatic amines is 1. The molecule has 0 amide bonds. The standard InChI is InChI=1S/C22H23F2N3O6/c1-31-9-8-27-19-18(20(29)26-22(27)30)16(17-12(25-19)4-3-5-13(17)28)11-6-7-14(33-21(23)24)15(10-11)32-2/h6-7,10,16,21,25H,3-5,8-9H2,1-2H3,(H,26,29,30)/t16-/m0/s1. The minimum atomic E-state index is -3.04. The molecule has 0 radical (unpaired) electrons. The molecule has 1 aromatic carbocycles. The minimum absolute atomic E-state index is 0.0300. The molecule has 2 N–H and O–H groups in total. The summed E-state index contributed by atoms with van der Waals surface area (Å²) in [6.45, 7) is -2.64. The van der Waals surface area contributed by atoms with E-state index in [2.05, 4.69) is 15.0 Å². The highest BCUT2D eigenvalue weighted by atomic mass is 19.3. The number of halogens is 2. The first kappa shape index (κ1) is 22.7. The van der Waals surface area contributed by atoms with Crippen molar-refractivity contribution < 1.29 is 27.8 Å². The fourth-order valence-electron chi connectivity index (χ4n) is 4.39. The number of hydrogen-bond donors (Lipinski definition) is 2. The van der Waals surface area contributed by atoms with Gasteiger partial charge >= 0.3 is 12.3 Å². The van der Waals surface area contributed by atoms with Crippen LogP contribution in [0.15, 0.2) is 39.1 Å². The highest BCUT2D eigenvalue weighted by Gasteiger charge is 2.38. The van der Waals surface area contributed by atoms with Gasteiger partial charge in [-0.25, -0.2) is 4.79 Å². The molecule has 0 spiro atoms. The second kappa shape index (κ2) is 9.18. The number of nitrogens with zero attached hydrogens (tertiary/aromatic N) is 1. The van der Waals surface area contributed by atoms with Gasteiger partial charge in [0.1, 0.15) is 5.82 Å². The number of methoxy groups -OCH3 is 2. The third kappa shape index (κ3) is 4.15. The molecular formula is C22H23F2N3O6. The van der Waals surface area contributed by atoms with Crippen LogP contribution in [0.5, 0.6) is 11.5 Å². The molecular weight excluding hydrogens is 440 g/mol. The van der Waals surface area contributed by atoms with Crippen LogP contribution in [0.4, 0.5) is 14.6 Å². The van der Waals surface area contributed by atoms with Crippen LogP contribution < -0.4 is 26.0 Å². The Morgan fingerprint density at radius 3 is 2.64 bits per heavy atom. The number of alkyl halides is 2. The second-order valence-electron chi connectivity index (χ2n) is 7.68. The summed E-state index contributed by atoms with van der Waals surface area (Å²) in [6.07, 6.45) is 1.51. The Hall–Kier alpha value is -3.47. The van der Waals surface area contributed by atoms with Gasteiger partial charge in [0.2, 0.25) is 0 Å². The lowest BCUT2D eigenvalue weighted by atomic mass is 9.76. The molecule has 0 bridgehead atoms. The fraction of sp³-hybridized carbons (Fsp3) is 0.409. The number of nitrogens with one attached hydrogen (secondary N) is 2. The van der Waals surface area contributed by atoms with Crippen LogP contribution in [0.2, 0.25) is 0 Å². The van der Waals surface area contributed by atoms with Gasteiger partial charge < -0.3 is 19.5 Å². The minimum Gasteiger partial charge on any atom is -0.493 e. The van der Waals surface area contributed by atoms with Crippen LogP contribution in [0.3, 0.4) is 0 Å². The Morgan fingerprint density at radius 1 is 1.15 bits per heavy atom. The summed E-state index contributed by atoms with van der Waals surface area (Å²) >= 11 is 0. The molecule has 1 aliphatic heterocycles. The molecule has 1 aromatic heterocycles. The smallest absolute Gasteiger partial charge is 0.387 e. The Labute approximate surface area is 187 Å². The quantitative estimate of drug-likeness (QED) is 0.648. The third-order valence-electron chi connectivity index (χ3n) is 5.79. The molecule has 1 aliphatic carbocycles. The second-order valence-corrected chi connectivity index (χ2v) is 7.68. The van der Waals surface area contributed by atoms with Gasteiger partial charge in [0.05, 0.1) is 25.8 Å². The van der Waals surface area contributed by atoms with Crippen LogP contribution in [0.25, 0.3) is 0 Å². The highest BCUT2D eigenvalue weighted by Crippen LogP contribution is 2.45. The lowest BCUT2D eigenvalue weighted by Gasteiger charge is -2.34. The van der Waals surface area contributed by atoms with Crippen molar-refractivity contribution >= 4 is 11.6 Å². The average molecular weight is 463 g/mol. The van der Waals surface area contributed by atoms with Crippen LogP contribution in [-0.4, -0.2) is 42.8 Å². The highest BCUT2D eigenvalue weighted by molar-refractivity contribution is 6.00. The number of fused-ring (bicyclic) bond motifs is 1. The first-order valence-electron chi connectivity index (χ1n) is 10.4. The van der Waals surface area contributed by atoms with Crippen LogP contribution >= 0.6 is 0 Å². The maximum atomic E-state index is 13.0. The third-order valence-corrected chi connectivity index (χ3v) is 5.79. The van der Waals surface area contributed by atoms with Crippen molar-refractivity contribution in [3.05, 3.63) is 61.4 Å². The maximum absolute atomic E-state index is 13.0. The maximum Gasteiger partial charge on any atom is 0.387 e. The molecule has 4 rings (SSSR count). The summed E-state index contributed by atoms with van der Waals surface area (Å²) in [7, 11) is 2.80. The van der Waals surface area contributed by atoms with Crippen LogP contribution in [0.1, 0.15) is 36.3 Å². The first-order valence-corrected chi connectivity index (χ1v) is 10.4. The van der Waals surface area contributed by atoms with E-state index in [-0.39, 0.29) is 41.8 Å². The molecule has 0 fully saturated rings. The Balaban J connectivity index is 1.95. The van der Waals surface area contributed by atoms with Crippen molar-refractivity contribution in [1.82, 2.24) is 9.55 Å². The molecule has 0 saturated heterocycles. The lowest BCUT2D eigenvalue weighted by Crippen LogP contribution is -2.40. The molecule has 2 aliphatic rings. The zero-order chi connectivity index (χ0) is 23.7. The van der Waals surface area contributed by atoms with Crippen molar-refractivity contribution in [3.63, 3.8) is 0 Å². The Morgan fingerprint density at radius 2 is 1.94 bits per heavy atom. The number of anilines is 1. The number of benzene rings is 1. The van der Waals surface area contributed by atoms with E-state index in [9.17, 15) is 23.2 Å². The fourth-order valence-corrected chi connectivity index (χ4v) is 4.39. The summed E-state index contributed by atoms with van der Waals surface area (Å²) < 4.78 is 41.7. The number of ether oxygens (including phenoxy) is 3. The van der Waals surface area contributed by atoms with E-state index in [1.165, 1.54) is 37.0 Å². The van der Waals surface area contributed by atoms with Crippen LogP contribution in [-0.2, 0) is 16.1 Å². The van der Waals surface area contributed by atoms with Crippen molar-refractivity contribution in [3.8, 4) is 11.5 Å². The lowest BCUT2D eigenvalue weighted by molar-refractivity contribution is -0.116. The summed E-state index contributed by atoms with van der Waals surface area (Å²) in [5.41, 5.74) is 0.461. The van der Waals surface area contributed by atoms with E-state index in [1.807, 2.05) is 0 Å². The Bertz CT molecular complexity index is 1230. The number of carbonyl (C=O) groups is 1. The van der Waals surface area contributed by atoms with Crippen molar-refractivity contribution in [2.24, 2.45) is 0 Å². The molecule has 0 saturated carbocycles. The van der Waals surface area contributed by atoms with Gasteiger partial charge in [-0.2, -0.15) is 8.78 Å². The zero-order valence-corrected chi connectivity index (χ0v) is 18.1. The molecule has 2 heterocycles. The molecule has 1 atom stereocenters. The summed E-state index contributed by atoms with van der Waals surface area (Å²) in [5.74, 6) is -0.806. The summed E-state index contributed by atoms with van der Waals surface area (Å²) in [5, 5.41) is 3.15. The topological polar surface area (TPSA) is 112 Å². The van der Waals surface area contributed by atoms with E-state index in [0.29, 0.717) is 36.1 Å². The molecule has 2 aromatic rings. The van der Waals surface area contributed by atoms with Gasteiger partial charge in [-0.05, 0) is 30.5 Å². The van der Waals surface area contributed by atoms with Crippen molar-refractivity contribution in [2.75, 3.05) is 26.1 Å². The van der Waals surface area contributed by atoms with Gasteiger partial charge in [-0.3, -0.25) is 19.1 Å². The predicted molar refractivity (Wildman–Crippen MR) is 114 cm³/mol. The van der Waals surface area contributed by atoms with Gasteiger partial charge in [-0.15, -0.1) is 0 Å². The number of hydrogen-bond acceptors (Lipinski definition) is 7. The van der Waals surface area contributed by atoms with Gasteiger partial charge in [-0.1, -0.05) is 6.07 Å². The van der Waals surface area contributed by atoms with Crippen LogP contribution in [0, 0.1) is 0 Å². The summed E-state index contributed by atoms with van der Waals surface area (Å²) in [6, 6.07) is 4.29. The molecule has 11 heteroatoms. The van der Waals surface area contributed by atoms with Gasteiger partial charge in [0.25, 0.3) is 5.56 Å². The number of rotatable bonds is 7. The average Bonchev–Trinajstić information content (AvgIpc) is 2.78. The Kier molecular flexibility index (Phi) is 6.32. The normalized spacial score (nSPS) is 17.5. The first-order chi connectivity index (χ1) is 15.8. The number of carbonyl (C=O) groups excluding carboxylic acids is 1. The zero-order valence-electron chi connectivity index (χ0n) is 18.1. The molecule has 9 nitrogen and oxygen atoms in total.